The van der Waals surface area contributed by atoms with Crippen molar-refractivity contribution in [2.75, 3.05) is 51.4 Å². The highest BCUT2D eigenvalue weighted by molar-refractivity contribution is 7.22. The lowest BCUT2D eigenvalue weighted by atomic mass is 10.1. The van der Waals surface area contributed by atoms with Crippen molar-refractivity contribution < 1.29 is 14.3 Å². The van der Waals surface area contributed by atoms with Gasteiger partial charge in [-0.25, -0.2) is 4.98 Å². The predicted octanol–water partition coefficient (Wildman–Crippen LogP) is 2.63. The van der Waals surface area contributed by atoms with Crippen molar-refractivity contribution in [3.05, 3.63) is 35.0 Å². The predicted molar refractivity (Wildman–Crippen MR) is 118 cm³/mol. The summed E-state index contributed by atoms with van der Waals surface area (Å²) in [6.07, 6.45) is 1.70. The lowest BCUT2D eigenvalue weighted by Crippen LogP contribution is -2.43. The van der Waals surface area contributed by atoms with Gasteiger partial charge >= 0.3 is 0 Å². The van der Waals surface area contributed by atoms with Crippen molar-refractivity contribution in [3.63, 3.8) is 0 Å². The summed E-state index contributed by atoms with van der Waals surface area (Å²) in [7, 11) is 3.31. The molecule has 0 N–H and O–H groups in total. The minimum Gasteiger partial charge on any atom is -0.479 e. The zero-order valence-corrected chi connectivity index (χ0v) is 18.7. The van der Waals surface area contributed by atoms with Crippen LogP contribution in [0, 0.1) is 13.8 Å². The summed E-state index contributed by atoms with van der Waals surface area (Å²) in [5.41, 5.74) is 3.77. The first-order chi connectivity index (χ1) is 14.5. The van der Waals surface area contributed by atoms with Crippen LogP contribution in [0.3, 0.4) is 0 Å². The average molecular weight is 430 g/mol. The van der Waals surface area contributed by atoms with Gasteiger partial charge in [0.1, 0.15) is 5.56 Å². The van der Waals surface area contributed by atoms with Crippen molar-refractivity contribution in [2.45, 2.75) is 13.8 Å². The van der Waals surface area contributed by atoms with E-state index in [2.05, 4.69) is 36.0 Å². The van der Waals surface area contributed by atoms with Crippen LogP contribution in [0.1, 0.15) is 21.5 Å². The van der Waals surface area contributed by atoms with E-state index in [1.807, 2.05) is 0 Å². The van der Waals surface area contributed by atoms with E-state index < -0.39 is 0 Å². The molecular formula is C21H27N5O3S. The number of nitrogens with zero attached hydrogens (tertiary/aromatic N) is 5. The van der Waals surface area contributed by atoms with Crippen molar-refractivity contribution >= 4 is 32.6 Å². The summed E-state index contributed by atoms with van der Waals surface area (Å²) in [5, 5.41) is 4.94. The summed E-state index contributed by atoms with van der Waals surface area (Å²) < 4.78 is 13.5. The molecule has 1 aliphatic rings. The zero-order chi connectivity index (χ0) is 21.3. The van der Waals surface area contributed by atoms with Crippen molar-refractivity contribution in [2.24, 2.45) is 7.05 Å². The molecule has 160 valence electrons. The normalized spacial score (nSPS) is 14.9. The lowest BCUT2D eigenvalue weighted by molar-refractivity contribution is 0.0391. The molecule has 0 aliphatic carbocycles. The average Bonchev–Trinajstić information content (AvgIpc) is 3.32. The van der Waals surface area contributed by atoms with E-state index in [1.54, 1.807) is 34.2 Å². The zero-order valence-electron chi connectivity index (χ0n) is 17.8. The molecule has 8 nitrogen and oxygen atoms in total. The van der Waals surface area contributed by atoms with Crippen LogP contribution in [0.2, 0.25) is 0 Å². The quantitative estimate of drug-likeness (QED) is 0.600. The Morgan fingerprint density at radius 1 is 1.27 bits per heavy atom. The highest BCUT2D eigenvalue weighted by Gasteiger charge is 2.27. The minimum atomic E-state index is -0.152. The van der Waals surface area contributed by atoms with Gasteiger partial charge in [0.15, 0.2) is 5.13 Å². The Balaban J connectivity index is 1.68. The Morgan fingerprint density at radius 2 is 2.00 bits per heavy atom. The number of anilines is 1. The second kappa shape index (κ2) is 8.71. The van der Waals surface area contributed by atoms with Crippen LogP contribution >= 0.6 is 11.3 Å². The molecular weight excluding hydrogens is 402 g/mol. The number of methoxy groups -OCH3 is 1. The molecule has 0 unspecified atom stereocenters. The molecule has 0 radical (unpaired) electrons. The summed E-state index contributed by atoms with van der Waals surface area (Å²) in [6.45, 7) is 8.66. The van der Waals surface area contributed by atoms with Crippen molar-refractivity contribution in [1.82, 2.24) is 19.7 Å². The number of amides is 1. The van der Waals surface area contributed by atoms with Crippen molar-refractivity contribution in [1.29, 1.82) is 0 Å². The van der Waals surface area contributed by atoms with Crippen LogP contribution in [-0.4, -0.2) is 72.1 Å². The third kappa shape index (κ3) is 4.19. The first kappa shape index (κ1) is 20.8. The molecule has 0 saturated carbocycles. The molecule has 1 aliphatic heterocycles. The third-order valence-electron chi connectivity index (χ3n) is 5.43. The number of hydrogen-bond donors (Lipinski definition) is 0. The first-order valence-corrected chi connectivity index (χ1v) is 10.9. The maximum absolute atomic E-state index is 13.5. The van der Waals surface area contributed by atoms with E-state index in [-0.39, 0.29) is 5.91 Å². The lowest BCUT2D eigenvalue weighted by Gasteiger charge is -2.29. The number of morpholine rings is 1. The van der Waals surface area contributed by atoms with E-state index in [4.69, 9.17) is 14.5 Å². The van der Waals surface area contributed by atoms with Crippen molar-refractivity contribution in [3.8, 4) is 5.88 Å². The Hall–Kier alpha value is -2.49. The Kier molecular flexibility index (Phi) is 6.03. The minimum absolute atomic E-state index is 0.152. The topological polar surface area (TPSA) is 72.7 Å². The fourth-order valence-electron chi connectivity index (χ4n) is 3.54. The van der Waals surface area contributed by atoms with E-state index in [0.29, 0.717) is 23.1 Å². The summed E-state index contributed by atoms with van der Waals surface area (Å²) in [6, 6.07) is 4.22. The van der Waals surface area contributed by atoms with Crippen LogP contribution in [0.25, 0.3) is 10.2 Å². The van der Waals surface area contributed by atoms with Gasteiger partial charge in [-0.15, -0.1) is 5.10 Å². The fraction of sp³-hybridized carbons (Fsp3) is 0.476. The Labute approximate surface area is 180 Å². The highest BCUT2D eigenvalue weighted by Crippen LogP contribution is 2.32. The summed E-state index contributed by atoms with van der Waals surface area (Å²) in [5.74, 6) is 0.174. The number of aromatic nitrogens is 3. The largest absolute Gasteiger partial charge is 0.479 e. The van der Waals surface area contributed by atoms with E-state index in [1.165, 1.54) is 18.2 Å². The number of carbonyl (C=O) groups excluding carboxylic acids is 1. The van der Waals surface area contributed by atoms with Crippen LogP contribution < -0.4 is 9.64 Å². The van der Waals surface area contributed by atoms with Crippen LogP contribution in [-0.2, 0) is 11.8 Å². The molecule has 1 saturated heterocycles. The number of ether oxygens (including phenoxy) is 2. The number of hydrogen-bond acceptors (Lipinski definition) is 7. The molecule has 3 aromatic rings. The molecule has 0 atom stereocenters. The highest BCUT2D eigenvalue weighted by atomic mass is 32.1. The Bertz CT molecular complexity index is 1020. The van der Waals surface area contributed by atoms with Gasteiger partial charge in [-0.3, -0.25) is 19.3 Å². The van der Waals surface area contributed by atoms with E-state index in [0.717, 1.165) is 43.1 Å². The number of carbonyl (C=O) groups is 1. The number of aryl methyl sites for hydroxylation is 3. The van der Waals surface area contributed by atoms with Crippen LogP contribution in [0.5, 0.6) is 5.88 Å². The van der Waals surface area contributed by atoms with E-state index in [9.17, 15) is 4.79 Å². The van der Waals surface area contributed by atoms with Crippen LogP contribution in [0.15, 0.2) is 18.3 Å². The maximum Gasteiger partial charge on any atom is 0.267 e. The van der Waals surface area contributed by atoms with Gasteiger partial charge in [-0.05, 0) is 37.1 Å². The molecule has 1 aromatic carbocycles. The summed E-state index contributed by atoms with van der Waals surface area (Å²) >= 11 is 1.54. The van der Waals surface area contributed by atoms with Gasteiger partial charge in [0.25, 0.3) is 5.91 Å². The third-order valence-corrected chi connectivity index (χ3v) is 6.47. The van der Waals surface area contributed by atoms with Gasteiger partial charge in [0, 0.05) is 39.4 Å². The van der Waals surface area contributed by atoms with Gasteiger partial charge in [-0.1, -0.05) is 11.3 Å². The van der Waals surface area contributed by atoms with Crippen LogP contribution in [0.4, 0.5) is 5.13 Å². The number of fused-ring (bicyclic) bond motifs is 1. The fourth-order valence-corrected chi connectivity index (χ4v) is 4.61. The second-order valence-electron chi connectivity index (χ2n) is 7.54. The van der Waals surface area contributed by atoms with Gasteiger partial charge in [-0.2, -0.15) is 0 Å². The summed E-state index contributed by atoms with van der Waals surface area (Å²) in [4.78, 5) is 22.4. The number of rotatable bonds is 6. The number of thiazole rings is 1. The molecule has 9 heteroatoms. The standard InChI is InChI=1S/C21H27N5O3S/c1-14-11-17-18(12-15(14)2)30-21(22-17)26(6-5-25-7-9-29-10-8-25)20(27)16-13-24(3)23-19(16)28-4/h11-13H,5-10H2,1-4H3. The maximum atomic E-state index is 13.5. The molecule has 2 aromatic heterocycles. The SMILES string of the molecule is COc1nn(C)cc1C(=O)N(CCN1CCOCC1)c1nc2cc(C)c(C)cc2s1. The molecule has 1 amide bonds. The molecule has 0 bridgehead atoms. The number of benzene rings is 1. The molecule has 4 rings (SSSR count). The second-order valence-corrected chi connectivity index (χ2v) is 8.55. The smallest absolute Gasteiger partial charge is 0.267 e. The molecule has 0 spiro atoms. The molecule has 3 heterocycles. The molecule has 1 fully saturated rings. The first-order valence-electron chi connectivity index (χ1n) is 10.0. The van der Waals surface area contributed by atoms with Gasteiger partial charge in [0.2, 0.25) is 5.88 Å². The van der Waals surface area contributed by atoms with Gasteiger partial charge < -0.3 is 9.47 Å². The van der Waals surface area contributed by atoms with E-state index >= 15 is 0 Å². The van der Waals surface area contributed by atoms with Gasteiger partial charge in [0.05, 0.1) is 30.5 Å². The molecule has 30 heavy (non-hydrogen) atoms. The monoisotopic (exact) mass is 429 g/mol. The Morgan fingerprint density at radius 3 is 2.73 bits per heavy atom.